The smallest absolute Gasteiger partial charge is 0.435 e. The summed E-state index contributed by atoms with van der Waals surface area (Å²) < 4.78 is 38.1. The molecule has 0 fully saturated rings. The first kappa shape index (κ1) is 13.8. The number of rotatable bonds is 2. The molecular weight excluding hydrogens is 303 g/mol. The highest BCUT2D eigenvalue weighted by atomic mass is 35.5. The molecule has 1 aromatic carbocycles. The molecule has 1 aromatic heterocycles. The van der Waals surface area contributed by atoms with Crippen LogP contribution < -0.4 is 0 Å². The molecule has 2 rings (SSSR count). The maximum atomic E-state index is 12.7. The van der Waals surface area contributed by atoms with Crippen LogP contribution in [0.4, 0.5) is 13.2 Å². The summed E-state index contributed by atoms with van der Waals surface area (Å²) in [6.45, 7) is 0. The summed E-state index contributed by atoms with van der Waals surface area (Å²) in [5.74, 6) is -1.66. The van der Waals surface area contributed by atoms with Gasteiger partial charge in [0, 0.05) is 5.56 Å². The zero-order valence-electron chi connectivity index (χ0n) is 9.03. The molecule has 0 radical (unpaired) electrons. The van der Waals surface area contributed by atoms with Crippen molar-refractivity contribution in [3.8, 4) is 10.6 Å². The molecule has 100 valence electrons. The molecule has 0 atom stereocenters. The van der Waals surface area contributed by atoms with Gasteiger partial charge >= 0.3 is 12.1 Å². The molecule has 3 nitrogen and oxygen atoms in total. The van der Waals surface area contributed by atoms with E-state index in [1.54, 1.807) is 12.1 Å². The summed E-state index contributed by atoms with van der Waals surface area (Å²) in [6.07, 6.45) is -4.82. The first-order valence-electron chi connectivity index (χ1n) is 4.87. The molecule has 0 aliphatic heterocycles. The Hall–Kier alpha value is -1.60. The van der Waals surface area contributed by atoms with Gasteiger partial charge in [0.25, 0.3) is 0 Å². The summed E-state index contributed by atoms with van der Waals surface area (Å²) in [4.78, 5) is 13.4. The number of carboxylic acid groups (broad SMARTS) is 1. The van der Waals surface area contributed by atoms with Crippen LogP contribution in [0.1, 0.15) is 15.4 Å². The molecule has 0 aliphatic rings. The van der Waals surface area contributed by atoms with Crippen LogP contribution in [-0.4, -0.2) is 16.1 Å². The van der Waals surface area contributed by atoms with Gasteiger partial charge in [0.1, 0.15) is 9.88 Å². The van der Waals surface area contributed by atoms with Gasteiger partial charge in [-0.15, -0.1) is 11.3 Å². The van der Waals surface area contributed by atoms with Crippen molar-refractivity contribution in [2.24, 2.45) is 0 Å². The molecule has 1 N–H and O–H groups in total. The van der Waals surface area contributed by atoms with Crippen LogP contribution in [-0.2, 0) is 6.18 Å². The van der Waals surface area contributed by atoms with Crippen LogP contribution >= 0.6 is 22.9 Å². The lowest BCUT2D eigenvalue weighted by Gasteiger charge is -2.02. The molecule has 1 heterocycles. The number of benzene rings is 1. The van der Waals surface area contributed by atoms with Crippen molar-refractivity contribution in [3.63, 3.8) is 0 Å². The van der Waals surface area contributed by atoms with E-state index in [-0.39, 0.29) is 15.6 Å². The van der Waals surface area contributed by atoms with E-state index in [1.165, 1.54) is 12.1 Å². The minimum absolute atomic E-state index is 0.0738. The maximum absolute atomic E-state index is 12.7. The largest absolute Gasteiger partial charge is 0.477 e. The second-order valence-corrected chi connectivity index (χ2v) is 4.89. The fourth-order valence-corrected chi connectivity index (χ4v) is 2.65. The summed E-state index contributed by atoms with van der Waals surface area (Å²) in [6, 6.07) is 6.16. The number of thiazole rings is 1. The van der Waals surface area contributed by atoms with Gasteiger partial charge in [-0.1, -0.05) is 29.8 Å². The van der Waals surface area contributed by atoms with Crippen LogP contribution in [0.5, 0.6) is 0 Å². The predicted molar refractivity (Wildman–Crippen MR) is 64.5 cm³/mol. The highest BCUT2D eigenvalue weighted by Crippen LogP contribution is 2.39. The Morgan fingerprint density at radius 1 is 1.32 bits per heavy atom. The number of aromatic nitrogens is 1. The average molecular weight is 308 g/mol. The Balaban J connectivity index is 2.62. The summed E-state index contributed by atoms with van der Waals surface area (Å²) >= 11 is 6.30. The molecule has 8 heteroatoms. The topological polar surface area (TPSA) is 50.2 Å². The molecular formula is C11H5ClF3NO2S. The van der Waals surface area contributed by atoms with Gasteiger partial charge < -0.3 is 5.11 Å². The number of aromatic carboxylic acids is 1. The highest BCUT2D eigenvalue weighted by molar-refractivity contribution is 7.17. The molecule has 0 amide bonds. The van der Waals surface area contributed by atoms with Crippen LogP contribution in [0, 0.1) is 0 Å². The lowest BCUT2D eigenvalue weighted by molar-refractivity contribution is -0.141. The van der Waals surface area contributed by atoms with E-state index in [2.05, 4.69) is 4.98 Å². The number of halogens is 4. The van der Waals surface area contributed by atoms with Crippen molar-refractivity contribution < 1.29 is 23.1 Å². The van der Waals surface area contributed by atoms with Crippen molar-refractivity contribution in [2.75, 3.05) is 0 Å². The van der Waals surface area contributed by atoms with E-state index >= 15 is 0 Å². The molecule has 19 heavy (non-hydrogen) atoms. The van der Waals surface area contributed by atoms with Gasteiger partial charge in [0.05, 0.1) is 5.02 Å². The van der Waals surface area contributed by atoms with E-state index in [4.69, 9.17) is 16.7 Å². The third-order valence-corrected chi connectivity index (χ3v) is 3.60. The number of hydrogen-bond donors (Lipinski definition) is 1. The normalized spacial score (nSPS) is 11.6. The predicted octanol–water partition coefficient (Wildman–Crippen LogP) is 4.18. The molecule has 2 aromatic rings. The fourth-order valence-electron chi connectivity index (χ4n) is 1.41. The second-order valence-electron chi connectivity index (χ2n) is 3.48. The maximum Gasteiger partial charge on any atom is 0.435 e. The third-order valence-electron chi connectivity index (χ3n) is 2.19. The Morgan fingerprint density at radius 3 is 2.42 bits per heavy atom. The lowest BCUT2D eigenvalue weighted by Crippen LogP contribution is -2.11. The van der Waals surface area contributed by atoms with Crippen LogP contribution in [0.3, 0.4) is 0 Å². The monoisotopic (exact) mass is 307 g/mol. The number of carbonyl (C=O) groups is 1. The zero-order chi connectivity index (χ0) is 14.2. The van der Waals surface area contributed by atoms with E-state index in [0.717, 1.165) is 0 Å². The van der Waals surface area contributed by atoms with Gasteiger partial charge in [-0.05, 0) is 6.07 Å². The summed E-state index contributed by atoms with van der Waals surface area (Å²) in [5.41, 5.74) is -1.13. The van der Waals surface area contributed by atoms with Gasteiger partial charge in [-0.2, -0.15) is 13.2 Å². The van der Waals surface area contributed by atoms with Crippen molar-refractivity contribution >= 4 is 28.9 Å². The fraction of sp³-hybridized carbons (Fsp3) is 0.0909. The minimum atomic E-state index is -4.82. The first-order chi connectivity index (χ1) is 8.80. The number of nitrogens with zero attached hydrogens (tertiary/aromatic N) is 1. The Morgan fingerprint density at radius 2 is 1.95 bits per heavy atom. The van der Waals surface area contributed by atoms with Crippen LogP contribution in [0.2, 0.25) is 5.02 Å². The minimum Gasteiger partial charge on any atom is -0.477 e. The van der Waals surface area contributed by atoms with E-state index in [0.29, 0.717) is 11.3 Å². The number of hydrogen-bond acceptors (Lipinski definition) is 3. The molecule has 0 bridgehead atoms. The Kier molecular flexibility index (Phi) is 3.51. The number of carboxylic acids is 1. The molecule has 0 saturated carbocycles. The van der Waals surface area contributed by atoms with Crippen molar-refractivity contribution in [1.29, 1.82) is 0 Å². The van der Waals surface area contributed by atoms with Gasteiger partial charge in [0.15, 0.2) is 5.69 Å². The van der Waals surface area contributed by atoms with E-state index < -0.39 is 22.7 Å². The standard InChI is InChI=1S/C11H5ClF3NO2S/c12-6-4-2-1-3-5(6)9-16-8(11(13,14)15)7(19-9)10(17)18/h1-4H,(H,17,18). The van der Waals surface area contributed by atoms with Crippen LogP contribution in [0.15, 0.2) is 24.3 Å². The van der Waals surface area contributed by atoms with Gasteiger partial charge in [0.2, 0.25) is 0 Å². The van der Waals surface area contributed by atoms with Gasteiger partial charge in [-0.25, -0.2) is 9.78 Å². The average Bonchev–Trinajstić information content (AvgIpc) is 2.74. The Bertz CT molecular complexity index is 639. The van der Waals surface area contributed by atoms with Crippen molar-refractivity contribution in [3.05, 3.63) is 39.9 Å². The quantitative estimate of drug-likeness (QED) is 0.905. The third kappa shape index (κ3) is 2.71. The second kappa shape index (κ2) is 4.82. The lowest BCUT2D eigenvalue weighted by atomic mass is 10.2. The summed E-state index contributed by atoms with van der Waals surface area (Å²) in [5, 5.41) is 8.93. The first-order valence-corrected chi connectivity index (χ1v) is 6.06. The molecule has 0 spiro atoms. The summed E-state index contributed by atoms with van der Waals surface area (Å²) in [7, 11) is 0. The van der Waals surface area contributed by atoms with Crippen LogP contribution in [0.25, 0.3) is 10.6 Å². The molecule has 0 unspecified atom stereocenters. The van der Waals surface area contributed by atoms with Crippen molar-refractivity contribution in [1.82, 2.24) is 4.98 Å². The Labute approximate surface area is 114 Å². The van der Waals surface area contributed by atoms with Gasteiger partial charge in [-0.3, -0.25) is 0 Å². The zero-order valence-corrected chi connectivity index (χ0v) is 10.6. The SMILES string of the molecule is O=C(O)c1sc(-c2ccccc2Cl)nc1C(F)(F)F. The highest BCUT2D eigenvalue weighted by Gasteiger charge is 2.39. The van der Waals surface area contributed by atoms with E-state index in [1.807, 2.05) is 0 Å². The molecule has 0 aliphatic carbocycles. The molecule has 0 saturated heterocycles. The number of alkyl halides is 3. The van der Waals surface area contributed by atoms with Crippen molar-refractivity contribution in [2.45, 2.75) is 6.18 Å². The van der Waals surface area contributed by atoms with E-state index in [9.17, 15) is 18.0 Å².